The molecule has 3 atom stereocenters. The van der Waals surface area contributed by atoms with Gasteiger partial charge in [0.15, 0.2) is 0 Å². The number of carbonyl (C=O) groups excluding carboxylic acids is 1. The van der Waals surface area contributed by atoms with E-state index in [0.29, 0.717) is 28.8 Å². The van der Waals surface area contributed by atoms with Gasteiger partial charge in [-0.15, -0.1) is 11.3 Å². The van der Waals surface area contributed by atoms with E-state index in [0.717, 1.165) is 33.9 Å². The van der Waals surface area contributed by atoms with E-state index in [2.05, 4.69) is 31.2 Å². The van der Waals surface area contributed by atoms with Crippen molar-refractivity contribution in [3.05, 3.63) is 39.3 Å². The lowest BCUT2D eigenvalue weighted by atomic mass is 9.95. The van der Waals surface area contributed by atoms with E-state index >= 15 is 0 Å². The van der Waals surface area contributed by atoms with Gasteiger partial charge in [0.1, 0.15) is 25.1 Å². The van der Waals surface area contributed by atoms with Crippen LogP contribution < -0.4 is 10.1 Å². The monoisotopic (exact) mass is 497 g/mol. The number of hydrogen-bond acceptors (Lipinski definition) is 8. The summed E-state index contributed by atoms with van der Waals surface area (Å²) in [5, 5.41) is 25.5. The van der Waals surface area contributed by atoms with Crippen LogP contribution >= 0.6 is 11.3 Å². The minimum absolute atomic E-state index is 0.00605. The number of aryl methyl sites for hydroxylation is 3. The Morgan fingerprint density at radius 3 is 2.71 bits per heavy atom. The summed E-state index contributed by atoms with van der Waals surface area (Å²) in [7, 11) is 0. The number of benzene rings is 1. The fourth-order valence-electron chi connectivity index (χ4n) is 5.57. The van der Waals surface area contributed by atoms with Crippen molar-refractivity contribution in [3.8, 4) is 27.9 Å². The average Bonchev–Trinajstić information content (AvgIpc) is 3.31. The van der Waals surface area contributed by atoms with Crippen molar-refractivity contribution < 1.29 is 24.3 Å². The number of nitrogens with zero attached hydrogens (tertiary/aromatic N) is 2. The minimum Gasteiger partial charge on any atom is -0.490 e. The lowest BCUT2D eigenvalue weighted by molar-refractivity contribution is -0.124. The van der Waals surface area contributed by atoms with Crippen LogP contribution in [-0.4, -0.2) is 52.1 Å². The highest BCUT2D eigenvalue weighted by Gasteiger charge is 2.63. The predicted octanol–water partition coefficient (Wildman–Crippen LogP) is 3.53. The van der Waals surface area contributed by atoms with E-state index < -0.39 is 18.6 Å². The zero-order valence-electron chi connectivity index (χ0n) is 20.6. The first-order valence-corrected chi connectivity index (χ1v) is 12.7. The standard InChI is InChI=1S/C26H31N3O5S/c1-12-6-15(7-13(2)22(12)33-11-16(31)9-27-19(32)10-30)24-28-25(34-29-24)23-17-8-18-21(26(18,4)5)20(17)14(3)35-23/h6-7,16,18,21,30-31H,8-11H2,1-5H3,(H,27,32)/t16?,18-,21-/m1/s1. The number of fused-ring (bicyclic) bond motifs is 3. The van der Waals surface area contributed by atoms with Crippen LogP contribution in [0.25, 0.3) is 22.2 Å². The van der Waals surface area contributed by atoms with E-state index in [4.69, 9.17) is 19.4 Å². The second kappa shape index (κ2) is 8.72. The summed E-state index contributed by atoms with van der Waals surface area (Å²) < 4.78 is 11.5. The summed E-state index contributed by atoms with van der Waals surface area (Å²) in [6, 6.07) is 3.89. The van der Waals surface area contributed by atoms with Crippen LogP contribution in [0.15, 0.2) is 16.7 Å². The second-order valence-electron chi connectivity index (χ2n) is 10.3. The summed E-state index contributed by atoms with van der Waals surface area (Å²) in [6.07, 6.45) is 0.195. The number of ether oxygens (including phenoxy) is 1. The first kappa shape index (κ1) is 24.0. The Hall–Kier alpha value is -2.75. The second-order valence-corrected chi connectivity index (χ2v) is 11.5. The number of amides is 1. The molecule has 1 amide bonds. The van der Waals surface area contributed by atoms with Gasteiger partial charge in [-0.05, 0) is 78.8 Å². The Bertz CT molecular complexity index is 1270. The maximum absolute atomic E-state index is 11.1. The van der Waals surface area contributed by atoms with Gasteiger partial charge in [0, 0.05) is 17.0 Å². The molecule has 1 fully saturated rings. The number of aromatic nitrogens is 2. The molecule has 186 valence electrons. The first-order valence-electron chi connectivity index (χ1n) is 11.9. The maximum atomic E-state index is 11.1. The fraction of sp³-hybridized carbons (Fsp3) is 0.500. The molecule has 0 aliphatic heterocycles. The number of rotatable bonds is 8. The Balaban J connectivity index is 1.31. The molecule has 8 nitrogen and oxygen atoms in total. The molecular formula is C26H31N3O5S. The minimum atomic E-state index is -0.892. The Morgan fingerprint density at radius 1 is 1.31 bits per heavy atom. The molecule has 1 unspecified atom stereocenters. The van der Waals surface area contributed by atoms with Crippen LogP contribution in [-0.2, 0) is 11.2 Å². The van der Waals surface area contributed by atoms with Crippen molar-refractivity contribution in [2.24, 2.45) is 11.3 Å². The van der Waals surface area contributed by atoms with Crippen LogP contribution in [0.1, 0.15) is 46.9 Å². The summed E-state index contributed by atoms with van der Waals surface area (Å²) in [6.45, 7) is 10.2. The zero-order valence-corrected chi connectivity index (χ0v) is 21.5. The van der Waals surface area contributed by atoms with Gasteiger partial charge >= 0.3 is 0 Å². The third-order valence-corrected chi connectivity index (χ3v) is 8.61. The van der Waals surface area contributed by atoms with Gasteiger partial charge in [-0.25, -0.2) is 0 Å². The van der Waals surface area contributed by atoms with Crippen LogP contribution in [0.5, 0.6) is 5.75 Å². The van der Waals surface area contributed by atoms with E-state index in [1.807, 2.05) is 26.0 Å². The van der Waals surface area contributed by atoms with Crippen molar-refractivity contribution in [1.29, 1.82) is 0 Å². The van der Waals surface area contributed by atoms with Crippen LogP contribution in [0, 0.1) is 32.1 Å². The smallest absolute Gasteiger partial charge is 0.268 e. The van der Waals surface area contributed by atoms with E-state index in [-0.39, 0.29) is 13.2 Å². The number of nitrogens with one attached hydrogen (secondary N) is 1. The fourth-order valence-corrected chi connectivity index (χ4v) is 6.72. The highest BCUT2D eigenvalue weighted by Crippen LogP contribution is 2.72. The number of thiophene rings is 1. The van der Waals surface area contributed by atoms with Gasteiger partial charge in [-0.2, -0.15) is 4.98 Å². The molecule has 3 N–H and O–H groups in total. The SMILES string of the molecule is Cc1cc(-c2noc(-c3sc(C)c4c3C[C@@H]3[C@H]4C3(C)C)n2)cc(C)c1OCC(O)CNC(=O)CO. The molecule has 9 heteroatoms. The molecule has 5 rings (SSSR count). The van der Waals surface area contributed by atoms with Gasteiger partial charge in [0.2, 0.25) is 11.7 Å². The largest absolute Gasteiger partial charge is 0.490 e. The van der Waals surface area contributed by atoms with Gasteiger partial charge in [0.05, 0.1) is 4.88 Å². The average molecular weight is 498 g/mol. The highest BCUT2D eigenvalue weighted by molar-refractivity contribution is 7.15. The molecule has 2 heterocycles. The highest BCUT2D eigenvalue weighted by atomic mass is 32.1. The molecule has 0 radical (unpaired) electrons. The molecular weight excluding hydrogens is 466 g/mol. The molecule has 2 aliphatic rings. The van der Waals surface area contributed by atoms with E-state index in [1.165, 1.54) is 16.0 Å². The van der Waals surface area contributed by atoms with Gasteiger partial charge in [-0.1, -0.05) is 19.0 Å². The number of aliphatic hydroxyl groups is 2. The van der Waals surface area contributed by atoms with Crippen molar-refractivity contribution in [1.82, 2.24) is 15.5 Å². The summed E-state index contributed by atoms with van der Waals surface area (Å²) in [4.78, 5) is 18.3. The Kier molecular flexibility index (Phi) is 5.97. The third kappa shape index (κ3) is 4.15. The Morgan fingerprint density at radius 2 is 2.03 bits per heavy atom. The van der Waals surface area contributed by atoms with Gasteiger partial charge in [-0.3, -0.25) is 4.79 Å². The number of hydrogen-bond donors (Lipinski definition) is 3. The van der Waals surface area contributed by atoms with E-state index in [1.54, 1.807) is 11.3 Å². The number of aliphatic hydroxyl groups excluding tert-OH is 2. The molecule has 2 aromatic heterocycles. The lowest BCUT2D eigenvalue weighted by Gasteiger charge is -2.16. The van der Waals surface area contributed by atoms with Crippen molar-refractivity contribution in [2.75, 3.05) is 19.8 Å². The molecule has 0 spiro atoms. The third-order valence-electron chi connectivity index (χ3n) is 7.46. The van der Waals surface area contributed by atoms with Crippen LogP contribution in [0.2, 0.25) is 0 Å². The molecule has 0 bridgehead atoms. The van der Waals surface area contributed by atoms with Crippen LogP contribution in [0.3, 0.4) is 0 Å². The predicted molar refractivity (Wildman–Crippen MR) is 133 cm³/mol. The molecule has 0 saturated heterocycles. The zero-order chi connectivity index (χ0) is 25.1. The molecule has 3 aromatic rings. The topological polar surface area (TPSA) is 118 Å². The normalized spacial score (nSPS) is 20.3. The van der Waals surface area contributed by atoms with Crippen LogP contribution in [0.4, 0.5) is 0 Å². The lowest BCUT2D eigenvalue weighted by Crippen LogP contribution is -2.36. The van der Waals surface area contributed by atoms with Gasteiger partial charge in [0.25, 0.3) is 5.89 Å². The summed E-state index contributed by atoms with van der Waals surface area (Å²) in [5.41, 5.74) is 5.90. The van der Waals surface area contributed by atoms with Crippen molar-refractivity contribution >= 4 is 17.2 Å². The number of carbonyl (C=O) groups is 1. The Labute approximate surface area is 208 Å². The molecule has 35 heavy (non-hydrogen) atoms. The quantitative estimate of drug-likeness (QED) is 0.436. The molecule has 1 saturated carbocycles. The molecule has 2 aliphatic carbocycles. The van der Waals surface area contributed by atoms with Crippen molar-refractivity contribution in [2.45, 2.75) is 53.1 Å². The van der Waals surface area contributed by atoms with Gasteiger partial charge < -0.3 is 24.8 Å². The summed E-state index contributed by atoms with van der Waals surface area (Å²) in [5.74, 6) is 2.63. The maximum Gasteiger partial charge on any atom is 0.268 e. The summed E-state index contributed by atoms with van der Waals surface area (Å²) >= 11 is 1.75. The molecule has 1 aromatic carbocycles. The van der Waals surface area contributed by atoms with E-state index in [9.17, 15) is 9.90 Å². The first-order chi connectivity index (χ1) is 16.6. The van der Waals surface area contributed by atoms with Crippen molar-refractivity contribution in [3.63, 3.8) is 0 Å².